The van der Waals surface area contributed by atoms with Gasteiger partial charge in [0.25, 0.3) is 5.91 Å². The predicted molar refractivity (Wildman–Crippen MR) is 77.3 cm³/mol. The Bertz CT molecular complexity index is 590. The SMILES string of the molecule is CNC(=O)c1c(N)sc(-c2ccc(Cl)cc2)c1C. The minimum atomic E-state index is -0.151. The summed E-state index contributed by atoms with van der Waals surface area (Å²) in [6.07, 6.45) is 0. The molecule has 1 aromatic carbocycles. The number of nitrogen functional groups attached to an aromatic ring is 1. The smallest absolute Gasteiger partial charge is 0.254 e. The van der Waals surface area contributed by atoms with E-state index in [1.807, 2.05) is 31.2 Å². The Kier molecular flexibility index (Phi) is 3.59. The topological polar surface area (TPSA) is 55.1 Å². The lowest BCUT2D eigenvalue weighted by Crippen LogP contribution is -2.19. The van der Waals surface area contributed by atoms with Gasteiger partial charge in [-0.15, -0.1) is 11.3 Å². The fraction of sp³-hybridized carbons (Fsp3) is 0.154. The van der Waals surface area contributed by atoms with Crippen molar-refractivity contribution in [2.45, 2.75) is 6.92 Å². The maximum Gasteiger partial charge on any atom is 0.254 e. The molecular formula is C13H13ClN2OS. The normalized spacial score (nSPS) is 10.4. The molecule has 0 radical (unpaired) electrons. The Balaban J connectivity index is 2.53. The number of thiophene rings is 1. The van der Waals surface area contributed by atoms with Crippen molar-refractivity contribution in [1.82, 2.24) is 5.32 Å². The molecule has 94 valence electrons. The zero-order valence-electron chi connectivity index (χ0n) is 10.1. The second-order valence-corrected chi connectivity index (χ2v) is 5.37. The second kappa shape index (κ2) is 5.00. The van der Waals surface area contributed by atoms with E-state index in [0.717, 1.165) is 16.0 Å². The first-order valence-electron chi connectivity index (χ1n) is 5.41. The van der Waals surface area contributed by atoms with Crippen LogP contribution in [0.5, 0.6) is 0 Å². The summed E-state index contributed by atoms with van der Waals surface area (Å²) >= 11 is 7.28. The summed E-state index contributed by atoms with van der Waals surface area (Å²) in [5, 5.41) is 3.83. The molecule has 3 nitrogen and oxygen atoms in total. The van der Waals surface area contributed by atoms with Gasteiger partial charge in [-0.2, -0.15) is 0 Å². The van der Waals surface area contributed by atoms with Gasteiger partial charge in [0.2, 0.25) is 0 Å². The fourth-order valence-corrected chi connectivity index (χ4v) is 3.02. The Labute approximate surface area is 115 Å². The third kappa shape index (κ3) is 2.21. The number of benzene rings is 1. The molecule has 2 rings (SSSR count). The molecule has 0 bridgehead atoms. The molecule has 0 saturated heterocycles. The van der Waals surface area contributed by atoms with Crippen LogP contribution in [-0.2, 0) is 0 Å². The van der Waals surface area contributed by atoms with Crippen LogP contribution in [0.4, 0.5) is 5.00 Å². The van der Waals surface area contributed by atoms with Gasteiger partial charge in [-0.05, 0) is 30.2 Å². The van der Waals surface area contributed by atoms with E-state index < -0.39 is 0 Å². The van der Waals surface area contributed by atoms with Gasteiger partial charge in [0.1, 0.15) is 0 Å². The number of hydrogen-bond donors (Lipinski definition) is 2. The van der Waals surface area contributed by atoms with Gasteiger partial charge in [0.05, 0.1) is 10.6 Å². The van der Waals surface area contributed by atoms with E-state index in [1.165, 1.54) is 11.3 Å². The Morgan fingerprint density at radius 3 is 2.50 bits per heavy atom. The van der Waals surface area contributed by atoms with Gasteiger partial charge >= 0.3 is 0 Å². The number of carbonyl (C=O) groups is 1. The average Bonchev–Trinajstić information content (AvgIpc) is 2.65. The van der Waals surface area contributed by atoms with Crippen molar-refractivity contribution in [3.63, 3.8) is 0 Å². The van der Waals surface area contributed by atoms with Crippen LogP contribution in [0.1, 0.15) is 15.9 Å². The summed E-state index contributed by atoms with van der Waals surface area (Å²) in [5.74, 6) is -0.151. The molecule has 18 heavy (non-hydrogen) atoms. The van der Waals surface area contributed by atoms with Gasteiger partial charge in [-0.25, -0.2) is 0 Å². The number of hydrogen-bond acceptors (Lipinski definition) is 3. The van der Waals surface area contributed by atoms with Crippen LogP contribution >= 0.6 is 22.9 Å². The molecular weight excluding hydrogens is 268 g/mol. The molecule has 0 atom stereocenters. The van der Waals surface area contributed by atoms with Crippen molar-refractivity contribution in [1.29, 1.82) is 0 Å². The summed E-state index contributed by atoms with van der Waals surface area (Å²) in [4.78, 5) is 12.8. The molecule has 5 heteroatoms. The maximum atomic E-state index is 11.7. The van der Waals surface area contributed by atoms with Crippen molar-refractivity contribution >= 4 is 33.8 Å². The van der Waals surface area contributed by atoms with Crippen LogP contribution in [-0.4, -0.2) is 13.0 Å². The second-order valence-electron chi connectivity index (χ2n) is 3.88. The molecule has 0 fully saturated rings. The molecule has 0 aliphatic heterocycles. The zero-order chi connectivity index (χ0) is 13.3. The standard InChI is InChI=1S/C13H13ClN2OS/c1-7-10(13(17)16-2)12(15)18-11(7)8-3-5-9(14)6-4-8/h3-6H,15H2,1-2H3,(H,16,17). The summed E-state index contributed by atoms with van der Waals surface area (Å²) in [6.45, 7) is 1.90. The van der Waals surface area contributed by atoms with Crippen molar-refractivity contribution in [2.24, 2.45) is 0 Å². The van der Waals surface area contributed by atoms with E-state index in [4.69, 9.17) is 17.3 Å². The Hall–Kier alpha value is -1.52. The van der Waals surface area contributed by atoms with Crippen LogP contribution < -0.4 is 11.1 Å². The molecule has 0 saturated carbocycles. The van der Waals surface area contributed by atoms with Crippen molar-refractivity contribution in [3.05, 3.63) is 40.4 Å². The predicted octanol–water partition coefficient (Wildman–Crippen LogP) is 3.32. The minimum absolute atomic E-state index is 0.151. The van der Waals surface area contributed by atoms with Crippen LogP contribution in [0.25, 0.3) is 10.4 Å². The first-order chi connectivity index (χ1) is 8.54. The van der Waals surface area contributed by atoms with Crippen molar-refractivity contribution < 1.29 is 4.79 Å². The van der Waals surface area contributed by atoms with Gasteiger partial charge in [0, 0.05) is 16.9 Å². The van der Waals surface area contributed by atoms with E-state index in [0.29, 0.717) is 15.6 Å². The Morgan fingerprint density at radius 1 is 1.33 bits per heavy atom. The van der Waals surface area contributed by atoms with Crippen LogP contribution in [0, 0.1) is 6.92 Å². The third-order valence-corrected chi connectivity index (χ3v) is 4.16. The highest BCUT2D eigenvalue weighted by Crippen LogP contribution is 2.38. The van der Waals surface area contributed by atoms with Gasteiger partial charge in [-0.1, -0.05) is 23.7 Å². The molecule has 0 aliphatic rings. The van der Waals surface area contributed by atoms with E-state index in [9.17, 15) is 4.79 Å². The molecule has 2 aromatic rings. The highest BCUT2D eigenvalue weighted by molar-refractivity contribution is 7.19. The molecule has 0 unspecified atom stereocenters. The van der Waals surface area contributed by atoms with E-state index in [-0.39, 0.29) is 5.91 Å². The van der Waals surface area contributed by atoms with E-state index in [1.54, 1.807) is 7.05 Å². The molecule has 0 aliphatic carbocycles. The van der Waals surface area contributed by atoms with Gasteiger partial charge in [0.15, 0.2) is 0 Å². The number of nitrogens with two attached hydrogens (primary N) is 1. The number of nitrogens with one attached hydrogen (secondary N) is 1. The molecule has 0 spiro atoms. The maximum absolute atomic E-state index is 11.7. The quantitative estimate of drug-likeness (QED) is 0.887. The largest absolute Gasteiger partial charge is 0.390 e. The van der Waals surface area contributed by atoms with Crippen LogP contribution in [0.3, 0.4) is 0 Å². The van der Waals surface area contributed by atoms with Gasteiger partial charge < -0.3 is 11.1 Å². The molecule has 3 N–H and O–H groups in total. The number of amides is 1. The van der Waals surface area contributed by atoms with Crippen molar-refractivity contribution in [2.75, 3.05) is 12.8 Å². The highest BCUT2D eigenvalue weighted by Gasteiger charge is 2.19. The lowest BCUT2D eigenvalue weighted by Gasteiger charge is -2.02. The van der Waals surface area contributed by atoms with Crippen LogP contribution in [0.15, 0.2) is 24.3 Å². The zero-order valence-corrected chi connectivity index (χ0v) is 11.7. The van der Waals surface area contributed by atoms with Gasteiger partial charge in [-0.3, -0.25) is 4.79 Å². The lowest BCUT2D eigenvalue weighted by molar-refractivity contribution is 0.0964. The summed E-state index contributed by atoms with van der Waals surface area (Å²) in [5.41, 5.74) is 8.40. The monoisotopic (exact) mass is 280 g/mol. The first kappa shape index (κ1) is 12.9. The average molecular weight is 281 g/mol. The lowest BCUT2D eigenvalue weighted by atomic mass is 10.1. The fourth-order valence-electron chi connectivity index (χ4n) is 1.82. The summed E-state index contributed by atoms with van der Waals surface area (Å²) < 4.78 is 0. The van der Waals surface area contributed by atoms with E-state index >= 15 is 0 Å². The number of carbonyl (C=O) groups excluding carboxylic acids is 1. The molecule has 1 amide bonds. The Morgan fingerprint density at radius 2 is 1.94 bits per heavy atom. The molecule has 1 aromatic heterocycles. The minimum Gasteiger partial charge on any atom is -0.390 e. The molecule has 1 heterocycles. The van der Waals surface area contributed by atoms with E-state index in [2.05, 4.69) is 5.32 Å². The summed E-state index contributed by atoms with van der Waals surface area (Å²) in [6, 6.07) is 7.50. The van der Waals surface area contributed by atoms with Crippen LogP contribution in [0.2, 0.25) is 5.02 Å². The van der Waals surface area contributed by atoms with Crippen molar-refractivity contribution in [3.8, 4) is 10.4 Å². The number of rotatable bonds is 2. The number of halogens is 1. The summed E-state index contributed by atoms with van der Waals surface area (Å²) in [7, 11) is 1.60. The third-order valence-electron chi connectivity index (χ3n) is 2.73. The highest BCUT2D eigenvalue weighted by atomic mass is 35.5. The number of anilines is 1. The first-order valence-corrected chi connectivity index (χ1v) is 6.61.